The molecule has 2 rings (SSSR count). The van der Waals surface area contributed by atoms with Crippen LogP contribution in [0.4, 0.5) is 4.39 Å². The van der Waals surface area contributed by atoms with E-state index >= 15 is 0 Å². The maximum absolute atomic E-state index is 13.0. The third-order valence-electron chi connectivity index (χ3n) is 3.28. The average Bonchev–Trinajstić information content (AvgIpc) is 2.72. The Morgan fingerprint density at radius 3 is 2.48 bits per heavy atom. The van der Waals surface area contributed by atoms with Crippen LogP contribution in [-0.2, 0) is 4.79 Å². The molecule has 2 aromatic rings. The fraction of sp³-hybridized carbons (Fsp3) is 0.188. The van der Waals surface area contributed by atoms with E-state index in [4.69, 9.17) is 5.21 Å². The predicted octanol–water partition coefficient (Wildman–Crippen LogP) is 3.09. The number of aryl methyl sites for hydroxylation is 1. The number of halogens is 1. The van der Waals surface area contributed by atoms with Gasteiger partial charge in [0.2, 0.25) is 0 Å². The van der Waals surface area contributed by atoms with E-state index in [0.717, 1.165) is 22.6 Å². The SMILES string of the molecule is Cc1cc(C=CC(=O)N(C)O)c(C)n1-c1ccc(F)cc1. The van der Waals surface area contributed by atoms with Gasteiger partial charge in [0, 0.05) is 30.2 Å². The number of hydroxylamine groups is 2. The Hall–Kier alpha value is -2.40. The van der Waals surface area contributed by atoms with E-state index in [1.807, 2.05) is 24.5 Å². The van der Waals surface area contributed by atoms with Crippen LogP contribution in [0.15, 0.2) is 36.4 Å². The number of hydrogen-bond acceptors (Lipinski definition) is 2. The first-order valence-electron chi connectivity index (χ1n) is 6.49. The van der Waals surface area contributed by atoms with Gasteiger partial charge in [-0.15, -0.1) is 0 Å². The monoisotopic (exact) mass is 288 g/mol. The first-order chi connectivity index (χ1) is 9.90. The lowest BCUT2D eigenvalue weighted by atomic mass is 10.2. The Labute approximate surface area is 122 Å². The molecule has 0 aliphatic rings. The maximum atomic E-state index is 13.0. The number of rotatable bonds is 3. The number of benzene rings is 1. The van der Waals surface area contributed by atoms with E-state index in [1.54, 1.807) is 18.2 Å². The lowest BCUT2D eigenvalue weighted by Gasteiger charge is -2.09. The standard InChI is InChI=1S/C16H17FN2O2/c1-11-10-13(4-9-16(20)18(3)21)12(2)19(11)15-7-5-14(17)6-8-15/h4-10,21H,1-3H3. The topological polar surface area (TPSA) is 45.5 Å². The summed E-state index contributed by atoms with van der Waals surface area (Å²) in [4.78, 5) is 11.4. The number of nitrogens with zero attached hydrogens (tertiary/aromatic N) is 2. The Morgan fingerprint density at radius 1 is 1.29 bits per heavy atom. The summed E-state index contributed by atoms with van der Waals surface area (Å²) in [6.45, 7) is 3.86. The van der Waals surface area contributed by atoms with Gasteiger partial charge in [0.1, 0.15) is 5.82 Å². The Kier molecular flexibility index (Phi) is 4.23. The van der Waals surface area contributed by atoms with Gasteiger partial charge < -0.3 is 4.57 Å². The van der Waals surface area contributed by atoms with E-state index in [-0.39, 0.29) is 5.82 Å². The summed E-state index contributed by atoms with van der Waals surface area (Å²) in [6, 6.07) is 8.16. The second kappa shape index (κ2) is 5.93. The Morgan fingerprint density at radius 2 is 1.90 bits per heavy atom. The highest BCUT2D eigenvalue weighted by Gasteiger charge is 2.09. The molecule has 5 heteroatoms. The number of carbonyl (C=O) groups excluding carboxylic acids is 1. The largest absolute Gasteiger partial charge is 0.318 e. The van der Waals surface area contributed by atoms with Crippen molar-refractivity contribution in [1.82, 2.24) is 9.63 Å². The van der Waals surface area contributed by atoms with Crippen LogP contribution < -0.4 is 0 Å². The summed E-state index contributed by atoms with van der Waals surface area (Å²) in [5, 5.41) is 9.55. The molecule has 21 heavy (non-hydrogen) atoms. The highest BCUT2D eigenvalue weighted by Crippen LogP contribution is 2.22. The molecule has 1 aromatic heterocycles. The fourth-order valence-electron chi connectivity index (χ4n) is 2.21. The minimum atomic E-state index is -0.499. The third-order valence-corrected chi connectivity index (χ3v) is 3.28. The van der Waals surface area contributed by atoms with Gasteiger partial charge in [0.25, 0.3) is 5.91 Å². The quantitative estimate of drug-likeness (QED) is 0.536. The molecule has 0 saturated heterocycles. The van der Waals surface area contributed by atoms with Crippen molar-refractivity contribution in [3.05, 3.63) is 59.2 Å². The number of carbonyl (C=O) groups is 1. The highest BCUT2D eigenvalue weighted by atomic mass is 19.1. The first kappa shape index (κ1) is 15.0. The minimum absolute atomic E-state index is 0.280. The summed E-state index contributed by atoms with van der Waals surface area (Å²) in [5.74, 6) is -0.778. The van der Waals surface area contributed by atoms with E-state index in [1.165, 1.54) is 25.3 Å². The number of aromatic nitrogens is 1. The van der Waals surface area contributed by atoms with Crippen molar-refractivity contribution in [2.75, 3.05) is 7.05 Å². The van der Waals surface area contributed by atoms with Crippen molar-refractivity contribution in [1.29, 1.82) is 0 Å². The Balaban J connectivity index is 2.38. The zero-order valence-electron chi connectivity index (χ0n) is 12.2. The molecular formula is C16H17FN2O2. The van der Waals surface area contributed by atoms with Crippen LogP contribution in [-0.4, -0.2) is 27.8 Å². The molecule has 4 nitrogen and oxygen atoms in total. The van der Waals surface area contributed by atoms with Crippen molar-refractivity contribution in [2.45, 2.75) is 13.8 Å². The molecule has 0 atom stereocenters. The lowest BCUT2D eigenvalue weighted by Crippen LogP contribution is -2.19. The van der Waals surface area contributed by atoms with Gasteiger partial charge in [-0.3, -0.25) is 10.0 Å². The van der Waals surface area contributed by atoms with Crippen molar-refractivity contribution in [3.63, 3.8) is 0 Å². The van der Waals surface area contributed by atoms with Gasteiger partial charge in [-0.05, 0) is 55.8 Å². The number of likely N-dealkylation sites (N-methyl/N-ethyl adjacent to an activating group) is 1. The van der Waals surface area contributed by atoms with Crippen LogP contribution in [0, 0.1) is 19.7 Å². The van der Waals surface area contributed by atoms with Crippen LogP contribution in [0.25, 0.3) is 11.8 Å². The van der Waals surface area contributed by atoms with Crippen molar-refractivity contribution < 1.29 is 14.4 Å². The minimum Gasteiger partial charge on any atom is -0.318 e. The van der Waals surface area contributed by atoms with Crippen molar-refractivity contribution in [2.24, 2.45) is 0 Å². The second-order valence-electron chi connectivity index (χ2n) is 4.83. The molecule has 1 amide bonds. The van der Waals surface area contributed by atoms with Crippen molar-refractivity contribution in [3.8, 4) is 5.69 Å². The van der Waals surface area contributed by atoms with E-state index < -0.39 is 5.91 Å². The van der Waals surface area contributed by atoms with Crippen LogP contribution in [0.2, 0.25) is 0 Å². The fourth-order valence-corrected chi connectivity index (χ4v) is 2.21. The highest BCUT2D eigenvalue weighted by molar-refractivity contribution is 5.91. The normalized spacial score (nSPS) is 11.1. The first-order valence-corrected chi connectivity index (χ1v) is 6.49. The van der Waals surface area contributed by atoms with Crippen LogP contribution in [0.3, 0.4) is 0 Å². The number of amides is 1. The molecule has 1 aromatic carbocycles. The van der Waals surface area contributed by atoms with Gasteiger partial charge in [0.05, 0.1) is 0 Å². The predicted molar refractivity (Wildman–Crippen MR) is 78.8 cm³/mol. The van der Waals surface area contributed by atoms with Crippen LogP contribution in [0.5, 0.6) is 0 Å². The summed E-state index contributed by atoms with van der Waals surface area (Å²) < 4.78 is 15.0. The molecule has 0 radical (unpaired) electrons. The molecule has 0 bridgehead atoms. The molecule has 0 unspecified atom stereocenters. The molecule has 0 spiro atoms. The van der Waals surface area contributed by atoms with E-state index in [2.05, 4.69) is 0 Å². The molecule has 0 aliphatic heterocycles. The third kappa shape index (κ3) is 3.20. The van der Waals surface area contributed by atoms with E-state index in [0.29, 0.717) is 5.06 Å². The Bertz CT molecular complexity index is 685. The van der Waals surface area contributed by atoms with E-state index in [9.17, 15) is 9.18 Å². The number of hydrogen-bond donors (Lipinski definition) is 1. The van der Waals surface area contributed by atoms with Crippen molar-refractivity contribution >= 4 is 12.0 Å². The maximum Gasteiger partial charge on any atom is 0.269 e. The summed E-state index contributed by atoms with van der Waals surface area (Å²) in [5.41, 5.74) is 3.64. The smallest absolute Gasteiger partial charge is 0.269 e. The summed E-state index contributed by atoms with van der Waals surface area (Å²) in [7, 11) is 1.27. The summed E-state index contributed by atoms with van der Waals surface area (Å²) >= 11 is 0. The van der Waals surface area contributed by atoms with Gasteiger partial charge in [-0.1, -0.05) is 0 Å². The molecule has 1 heterocycles. The molecule has 0 aliphatic carbocycles. The van der Waals surface area contributed by atoms with Gasteiger partial charge >= 0.3 is 0 Å². The summed E-state index contributed by atoms with van der Waals surface area (Å²) in [6.07, 6.45) is 2.95. The zero-order chi connectivity index (χ0) is 15.6. The molecule has 1 N–H and O–H groups in total. The lowest BCUT2D eigenvalue weighted by molar-refractivity contribution is -0.153. The van der Waals surface area contributed by atoms with Gasteiger partial charge in [-0.25, -0.2) is 9.45 Å². The molecule has 0 saturated carbocycles. The molecule has 110 valence electrons. The van der Waals surface area contributed by atoms with Crippen LogP contribution >= 0.6 is 0 Å². The molecule has 0 fully saturated rings. The van der Waals surface area contributed by atoms with Gasteiger partial charge in [0.15, 0.2) is 0 Å². The average molecular weight is 288 g/mol. The molecular weight excluding hydrogens is 271 g/mol. The second-order valence-corrected chi connectivity index (χ2v) is 4.83. The van der Waals surface area contributed by atoms with Crippen LogP contribution in [0.1, 0.15) is 17.0 Å². The van der Waals surface area contributed by atoms with Gasteiger partial charge in [-0.2, -0.15) is 0 Å². The zero-order valence-corrected chi connectivity index (χ0v) is 12.2.